The second-order valence-corrected chi connectivity index (χ2v) is 8.03. The average molecular weight is 586 g/mol. The van der Waals surface area contributed by atoms with Gasteiger partial charge in [-0.25, -0.2) is 9.59 Å². The summed E-state index contributed by atoms with van der Waals surface area (Å²) in [4.78, 5) is 23.2. The van der Waals surface area contributed by atoms with E-state index < -0.39 is 95.1 Å². The lowest BCUT2D eigenvalue weighted by Crippen LogP contribution is -2.37. The van der Waals surface area contributed by atoms with Crippen LogP contribution in [0.5, 0.6) is 0 Å². The third kappa shape index (κ3) is 8.76. The molecule has 0 bridgehead atoms. The predicted molar refractivity (Wildman–Crippen MR) is 104 cm³/mol. The fraction of sp³-hybridized carbons (Fsp3) is 0.364. The molecule has 2 rings (SSSR count). The van der Waals surface area contributed by atoms with E-state index in [2.05, 4.69) is 0 Å². The van der Waals surface area contributed by atoms with E-state index in [9.17, 15) is 72.5 Å². The molecule has 0 heterocycles. The first-order valence-electron chi connectivity index (χ1n) is 10.2. The molecule has 39 heavy (non-hydrogen) atoms. The number of aliphatic carboxylic acids is 2. The summed E-state index contributed by atoms with van der Waals surface area (Å²) in [7, 11) is 0. The summed E-state index contributed by atoms with van der Waals surface area (Å²) in [5, 5.41) is 18.7. The van der Waals surface area contributed by atoms with Crippen LogP contribution in [0.4, 0.5) is 52.7 Å². The maximum Gasteiger partial charge on any atom is 0.416 e. The Morgan fingerprint density at radius 1 is 0.538 bits per heavy atom. The van der Waals surface area contributed by atoms with Gasteiger partial charge in [-0.1, -0.05) is 0 Å². The molecular formula is C22H14F12O5. The van der Waals surface area contributed by atoms with Gasteiger partial charge in [0.2, 0.25) is 0 Å². The van der Waals surface area contributed by atoms with Gasteiger partial charge in [-0.3, -0.25) is 0 Å². The molecular weight excluding hydrogens is 572 g/mol. The van der Waals surface area contributed by atoms with E-state index in [1.165, 1.54) is 0 Å². The van der Waals surface area contributed by atoms with Crippen LogP contribution in [-0.4, -0.2) is 34.4 Å². The second-order valence-electron chi connectivity index (χ2n) is 8.03. The van der Waals surface area contributed by atoms with Crippen molar-refractivity contribution in [2.24, 2.45) is 0 Å². The molecule has 0 aromatic heterocycles. The molecule has 17 heteroatoms. The Hall–Kier alpha value is -3.50. The summed E-state index contributed by atoms with van der Waals surface area (Å²) in [6.45, 7) is 0. The Labute approximate surface area is 209 Å². The minimum absolute atomic E-state index is 0.146. The van der Waals surface area contributed by atoms with E-state index in [1.54, 1.807) is 0 Å². The Morgan fingerprint density at radius 3 is 0.949 bits per heavy atom. The van der Waals surface area contributed by atoms with Crippen LogP contribution in [0.15, 0.2) is 36.4 Å². The minimum atomic E-state index is -5.31. The zero-order valence-corrected chi connectivity index (χ0v) is 18.7. The largest absolute Gasteiger partial charge is 0.479 e. The first-order valence-corrected chi connectivity index (χ1v) is 10.2. The van der Waals surface area contributed by atoms with Gasteiger partial charge in [0.15, 0.2) is 12.2 Å². The fourth-order valence-corrected chi connectivity index (χ4v) is 3.29. The van der Waals surface area contributed by atoms with Crippen molar-refractivity contribution in [3.8, 4) is 0 Å². The summed E-state index contributed by atoms with van der Waals surface area (Å²) >= 11 is 0. The lowest BCUT2D eigenvalue weighted by atomic mass is 9.99. The van der Waals surface area contributed by atoms with Gasteiger partial charge in [0.25, 0.3) is 0 Å². The molecule has 0 aliphatic heterocycles. The number of benzene rings is 2. The summed E-state index contributed by atoms with van der Waals surface area (Å²) in [5.41, 5.74) is -9.12. The number of halogens is 12. The first kappa shape index (κ1) is 31.7. The van der Waals surface area contributed by atoms with Crippen molar-refractivity contribution in [3.05, 3.63) is 69.8 Å². The highest BCUT2D eigenvalue weighted by atomic mass is 19.4. The standard InChI is InChI=1S/C22H14F12O5/c23-19(24,25)11-1-9(2-12(7-11)20(26,27)28)5-15(17(35)36)39-16(18(37)38)6-10-3-13(21(29,30)31)8-14(4-10)22(32,33)34/h1-4,7-8,15-16H,5-6H2,(H,35,36)(H,37,38)/t15-,16-/m1/s1. The Bertz CT molecular complexity index is 1050. The number of rotatable bonds is 8. The van der Waals surface area contributed by atoms with Crippen LogP contribution in [0.25, 0.3) is 0 Å². The van der Waals surface area contributed by atoms with Crippen LogP contribution in [0.3, 0.4) is 0 Å². The second kappa shape index (κ2) is 10.9. The van der Waals surface area contributed by atoms with Crippen LogP contribution in [0, 0.1) is 0 Å². The molecule has 2 atom stereocenters. The highest BCUT2D eigenvalue weighted by Crippen LogP contribution is 2.38. The molecule has 2 N–H and O–H groups in total. The van der Waals surface area contributed by atoms with Crippen LogP contribution >= 0.6 is 0 Å². The van der Waals surface area contributed by atoms with Crippen LogP contribution < -0.4 is 0 Å². The molecule has 2 aromatic rings. The first-order chi connectivity index (χ1) is 17.5. The number of alkyl halides is 12. The van der Waals surface area contributed by atoms with Gasteiger partial charge in [0.1, 0.15) is 0 Å². The van der Waals surface area contributed by atoms with Crippen molar-refractivity contribution in [3.63, 3.8) is 0 Å². The summed E-state index contributed by atoms with van der Waals surface area (Å²) in [6.07, 6.45) is -28.7. The highest BCUT2D eigenvalue weighted by molar-refractivity contribution is 5.76. The maximum absolute atomic E-state index is 13.1. The topological polar surface area (TPSA) is 83.8 Å². The van der Waals surface area contributed by atoms with Gasteiger partial charge in [0.05, 0.1) is 22.3 Å². The van der Waals surface area contributed by atoms with Crippen molar-refractivity contribution in [2.75, 3.05) is 0 Å². The lowest BCUT2D eigenvalue weighted by Gasteiger charge is -2.22. The minimum Gasteiger partial charge on any atom is -0.479 e. The number of ether oxygens (including phenoxy) is 1. The third-order valence-electron chi connectivity index (χ3n) is 5.02. The molecule has 216 valence electrons. The Kier molecular flexibility index (Phi) is 8.89. The molecule has 0 spiro atoms. The van der Waals surface area contributed by atoms with Crippen LogP contribution in [-0.2, 0) is 51.9 Å². The summed E-state index contributed by atoms with van der Waals surface area (Å²) in [6, 6.07) is 0.0665. The van der Waals surface area contributed by atoms with E-state index in [0.29, 0.717) is 0 Å². The van der Waals surface area contributed by atoms with Gasteiger partial charge in [-0.2, -0.15) is 52.7 Å². The van der Waals surface area contributed by atoms with E-state index >= 15 is 0 Å². The molecule has 5 nitrogen and oxygen atoms in total. The molecule has 0 aliphatic rings. The van der Waals surface area contributed by atoms with Gasteiger partial charge >= 0.3 is 36.6 Å². The zero-order valence-electron chi connectivity index (χ0n) is 18.7. The van der Waals surface area contributed by atoms with Crippen molar-refractivity contribution in [1.82, 2.24) is 0 Å². The molecule has 0 saturated heterocycles. The summed E-state index contributed by atoms with van der Waals surface area (Å²) in [5.74, 6) is -4.18. The molecule has 0 aliphatic carbocycles. The predicted octanol–water partition coefficient (Wildman–Crippen LogP) is 6.47. The van der Waals surface area contributed by atoms with E-state index in [1.807, 2.05) is 0 Å². The monoisotopic (exact) mass is 586 g/mol. The normalized spacial score (nSPS) is 14.7. The zero-order chi connectivity index (χ0) is 30.1. The van der Waals surface area contributed by atoms with Crippen molar-refractivity contribution in [1.29, 1.82) is 0 Å². The Balaban J connectivity index is 2.46. The third-order valence-corrected chi connectivity index (χ3v) is 5.02. The van der Waals surface area contributed by atoms with Crippen LogP contribution in [0.1, 0.15) is 33.4 Å². The molecule has 0 amide bonds. The average Bonchev–Trinajstić information content (AvgIpc) is 2.75. The molecule has 0 radical (unpaired) electrons. The number of carboxylic acids is 2. The smallest absolute Gasteiger partial charge is 0.416 e. The van der Waals surface area contributed by atoms with E-state index in [0.717, 1.165) is 0 Å². The molecule has 2 aromatic carbocycles. The van der Waals surface area contributed by atoms with Crippen molar-refractivity contribution >= 4 is 11.9 Å². The number of hydrogen-bond donors (Lipinski definition) is 2. The lowest BCUT2D eigenvalue weighted by molar-refractivity contribution is -0.165. The van der Waals surface area contributed by atoms with E-state index in [-0.39, 0.29) is 36.4 Å². The highest BCUT2D eigenvalue weighted by Gasteiger charge is 2.39. The van der Waals surface area contributed by atoms with Crippen molar-refractivity contribution < 1.29 is 77.2 Å². The molecule has 0 unspecified atom stereocenters. The fourth-order valence-electron chi connectivity index (χ4n) is 3.29. The van der Waals surface area contributed by atoms with Gasteiger partial charge in [-0.15, -0.1) is 0 Å². The Morgan fingerprint density at radius 2 is 0.769 bits per heavy atom. The number of hydrogen-bond acceptors (Lipinski definition) is 3. The summed E-state index contributed by atoms with van der Waals surface area (Å²) < 4.78 is 162. The van der Waals surface area contributed by atoms with E-state index in [4.69, 9.17) is 4.74 Å². The quantitative estimate of drug-likeness (QED) is 0.347. The molecule has 0 saturated carbocycles. The number of carbonyl (C=O) groups is 2. The van der Waals surface area contributed by atoms with Gasteiger partial charge in [0, 0.05) is 12.8 Å². The van der Waals surface area contributed by atoms with Gasteiger partial charge < -0.3 is 14.9 Å². The number of carboxylic acid groups (broad SMARTS) is 2. The van der Waals surface area contributed by atoms with Gasteiger partial charge in [-0.05, 0) is 47.5 Å². The SMILES string of the molecule is O=C(O)[C@@H](Cc1cc(C(F)(F)F)cc(C(F)(F)F)c1)O[C@H](Cc1cc(C(F)(F)F)cc(C(F)(F)F)c1)C(=O)O. The van der Waals surface area contributed by atoms with Crippen molar-refractivity contribution in [2.45, 2.75) is 49.8 Å². The van der Waals surface area contributed by atoms with Crippen LogP contribution in [0.2, 0.25) is 0 Å². The molecule has 0 fully saturated rings. The maximum atomic E-state index is 13.1.